The van der Waals surface area contributed by atoms with Crippen molar-refractivity contribution in [3.63, 3.8) is 0 Å². The first-order valence-electron chi connectivity index (χ1n) is 6.14. The molecular weight excluding hydrogens is 308 g/mol. The maximum atomic E-state index is 12.3. The number of hydrogen-bond acceptors (Lipinski definition) is 4. The molecule has 0 aliphatic carbocycles. The van der Waals surface area contributed by atoms with E-state index in [-0.39, 0.29) is 10.0 Å². The molecule has 1 heterocycles. The molecule has 0 aliphatic heterocycles. The lowest BCUT2D eigenvalue weighted by molar-refractivity contribution is 0.598. The molecule has 1 aromatic heterocycles. The summed E-state index contributed by atoms with van der Waals surface area (Å²) >= 11 is 4.91. The fourth-order valence-electron chi connectivity index (χ4n) is 1.74. The Kier molecular flexibility index (Phi) is 4.02. The summed E-state index contributed by atoms with van der Waals surface area (Å²) in [6.45, 7) is 3.53. The first-order chi connectivity index (χ1) is 9.70. The minimum absolute atomic E-state index is 0.0253. The summed E-state index contributed by atoms with van der Waals surface area (Å²) in [7, 11) is -2.01. The van der Waals surface area contributed by atoms with Crippen molar-refractivity contribution in [2.45, 2.75) is 18.9 Å². The van der Waals surface area contributed by atoms with Crippen LogP contribution in [0.5, 0.6) is 0 Å². The van der Waals surface area contributed by atoms with Crippen LogP contribution in [0.4, 0.5) is 5.69 Å². The van der Waals surface area contributed by atoms with E-state index in [1.165, 1.54) is 6.20 Å². The lowest BCUT2D eigenvalue weighted by Crippen LogP contribution is -2.16. The van der Waals surface area contributed by atoms with Crippen molar-refractivity contribution in [1.29, 1.82) is 0 Å². The predicted octanol–water partition coefficient (Wildman–Crippen LogP) is 1.47. The Labute approximate surface area is 129 Å². The Morgan fingerprint density at radius 3 is 2.57 bits per heavy atom. The molecule has 2 aromatic rings. The Morgan fingerprint density at radius 2 is 2.05 bits per heavy atom. The number of nitrogens with two attached hydrogens (primary N) is 1. The first-order valence-corrected chi connectivity index (χ1v) is 8.03. The molecule has 0 saturated carbocycles. The number of hydrogen-bond donors (Lipinski definition) is 2. The van der Waals surface area contributed by atoms with Gasteiger partial charge in [0.1, 0.15) is 10.8 Å². The molecular formula is C13H16N4O2S2. The van der Waals surface area contributed by atoms with Gasteiger partial charge < -0.3 is 10.3 Å². The highest BCUT2D eigenvalue weighted by Gasteiger charge is 2.19. The molecule has 0 radical (unpaired) electrons. The number of aromatic nitrogens is 2. The van der Waals surface area contributed by atoms with Gasteiger partial charge in [0, 0.05) is 18.8 Å². The molecule has 3 N–H and O–H groups in total. The Hall–Kier alpha value is -1.93. The van der Waals surface area contributed by atoms with Crippen LogP contribution >= 0.6 is 12.2 Å². The zero-order valence-electron chi connectivity index (χ0n) is 11.9. The molecule has 6 nitrogen and oxygen atoms in total. The molecule has 0 spiro atoms. The van der Waals surface area contributed by atoms with Crippen molar-refractivity contribution < 1.29 is 8.42 Å². The summed E-state index contributed by atoms with van der Waals surface area (Å²) in [5.74, 6) is 0.615. The second-order valence-corrected chi connectivity index (χ2v) is 6.81. The molecule has 1 aromatic carbocycles. The van der Waals surface area contributed by atoms with Gasteiger partial charge in [0.15, 0.2) is 5.03 Å². The number of anilines is 1. The fourth-order valence-corrected chi connectivity index (χ4v) is 3.03. The van der Waals surface area contributed by atoms with Gasteiger partial charge in [0.2, 0.25) is 0 Å². The van der Waals surface area contributed by atoms with Gasteiger partial charge in [-0.25, -0.2) is 4.98 Å². The zero-order valence-corrected chi connectivity index (χ0v) is 13.5. The Morgan fingerprint density at radius 1 is 1.38 bits per heavy atom. The number of nitrogens with zero attached hydrogens (tertiary/aromatic N) is 2. The number of imidazole rings is 1. The van der Waals surface area contributed by atoms with Crippen LogP contribution in [0.25, 0.3) is 0 Å². The van der Waals surface area contributed by atoms with Crippen LogP contribution in [0.15, 0.2) is 29.4 Å². The molecule has 0 unspecified atom stereocenters. The Balaban J connectivity index is 2.41. The lowest BCUT2D eigenvalue weighted by Gasteiger charge is -2.10. The number of sulfonamides is 1. The maximum absolute atomic E-state index is 12.3. The number of rotatable bonds is 4. The highest BCUT2D eigenvalue weighted by Crippen LogP contribution is 2.21. The summed E-state index contributed by atoms with van der Waals surface area (Å²) in [6.07, 6.45) is 1.46. The zero-order chi connectivity index (χ0) is 15.8. The topological polar surface area (TPSA) is 90.0 Å². The molecule has 0 atom stereocenters. The van der Waals surface area contributed by atoms with Crippen LogP contribution in [-0.4, -0.2) is 23.0 Å². The SMILES string of the molecule is Cc1ccc(C(N)=S)cc1NS(=O)(=O)c1cn(C)c(C)n1. The van der Waals surface area contributed by atoms with E-state index in [1.807, 2.05) is 0 Å². The predicted molar refractivity (Wildman–Crippen MR) is 85.8 cm³/mol. The number of thiocarbonyl (C=S) groups is 1. The number of aryl methyl sites for hydroxylation is 3. The standard InChI is InChI=1S/C13H16N4O2S2/c1-8-4-5-10(13(14)20)6-11(8)16-21(18,19)12-7-17(3)9(2)15-12/h4-7,16H,1-3H3,(H2,14,20). The average Bonchev–Trinajstić information content (AvgIpc) is 2.73. The quantitative estimate of drug-likeness (QED) is 0.831. The summed E-state index contributed by atoms with van der Waals surface area (Å²) in [4.78, 5) is 4.24. The monoisotopic (exact) mass is 324 g/mol. The fraction of sp³-hybridized carbons (Fsp3) is 0.231. The van der Waals surface area contributed by atoms with Crippen molar-refractivity contribution in [3.8, 4) is 0 Å². The van der Waals surface area contributed by atoms with Gasteiger partial charge in [-0.3, -0.25) is 4.72 Å². The minimum Gasteiger partial charge on any atom is -0.389 e. The van der Waals surface area contributed by atoms with E-state index >= 15 is 0 Å². The van der Waals surface area contributed by atoms with Crippen LogP contribution in [0, 0.1) is 13.8 Å². The van der Waals surface area contributed by atoms with Gasteiger partial charge in [0.05, 0.1) is 5.69 Å². The van der Waals surface area contributed by atoms with Crippen molar-refractivity contribution >= 4 is 32.9 Å². The molecule has 0 fully saturated rings. The maximum Gasteiger partial charge on any atom is 0.280 e. The van der Waals surface area contributed by atoms with Gasteiger partial charge in [0.25, 0.3) is 10.0 Å². The van der Waals surface area contributed by atoms with Crippen LogP contribution in [0.1, 0.15) is 17.0 Å². The molecule has 112 valence electrons. The highest BCUT2D eigenvalue weighted by atomic mass is 32.2. The van der Waals surface area contributed by atoms with E-state index in [0.717, 1.165) is 5.56 Å². The molecule has 0 amide bonds. The molecule has 21 heavy (non-hydrogen) atoms. The van der Waals surface area contributed by atoms with Gasteiger partial charge in [-0.1, -0.05) is 24.4 Å². The Bertz CT molecular complexity index is 790. The van der Waals surface area contributed by atoms with Gasteiger partial charge in [-0.2, -0.15) is 8.42 Å². The lowest BCUT2D eigenvalue weighted by atomic mass is 10.1. The van der Waals surface area contributed by atoms with Crippen LogP contribution in [0.2, 0.25) is 0 Å². The van der Waals surface area contributed by atoms with Crippen LogP contribution in [-0.2, 0) is 17.1 Å². The van der Waals surface area contributed by atoms with Gasteiger partial charge in [-0.15, -0.1) is 0 Å². The number of benzene rings is 1. The average molecular weight is 324 g/mol. The van der Waals surface area contributed by atoms with Crippen LogP contribution in [0.3, 0.4) is 0 Å². The van der Waals surface area contributed by atoms with Crippen molar-refractivity contribution in [2.24, 2.45) is 12.8 Å². The van der Waals surface area contributed by atoms with E-state index in [1.54, 1.807) is 43.7 Å². The third kappa shape index (κ3) is 3.22. The highest BCUT2D eigenvalue weighted by molar-refractivity contribution is 7.92. The van der Waals surface area contributed by atoms with Crippen molar-refractivity contribution in [3.05, 3.63) is 41.3 Å². The molecule has 0 aliphatic rings. The van der Waals surface area contributed by atoms with E-state index in [2.05, 4.69) is 9.71 Å². The molecule has 2 rings (SSSR count). The first kappa shape index (κ1) is 15.5. The van der Waals surface area contributed by atoms with Crippen molar-refractivity contribution in [1.82, 2.24) is 9.55 Å². The third-order valence-corrected chi connectivity index (χ3v) is 4.60. The minimum atomic E-state index is -3.75. The number of nitrogens with one attached hydrogen (secondary N) is 1. The summed E-state index contributed by atoms with van der Waals surface area (Å²) in [6, 6.07) is 5.13. The van der Waals surface area contributed by atoms with E-state index in [0.29, 0.717) is 17.1 Å². The second-order valence-electron chi connectivity index (χ2n) is 4.74. The third-order valence-electron chi connectivity index (χ3n) is 3.13. The van der Waals surface area contributed by atoms with E-state index < -0.39 is 10.0 Å². The summed E-state index contributed by atoms with van der Waals surface area (Å²) in [5, 5.41) is -0.0253. The summed E-state index contributed by atoms with van der Waals surface area (Å²) < 4.78 is 28.9. The normalized spacial score (nSPS) is 11.4. The van der Waals surface area contributed by atoms with E-state index in [9.17, 15) is 8.42 Å². The van der Waals surface area contributed by atoms with Gasteiger partial charge >= 0.3 is 0 Å². The van der Waals surface area contributed by atoms with Crippen molar-refractivity contribution in [2.75, 3.05) is 4.72 Å². The molecule has 0 saturated heterocycles. The molecule has 8 heteroatoms. The summed E-state index contributed by atoms with van der Waals surface area (Å²) in [5.41, 5.74) is 7.38. The van der Waals surface area contributed by atoms with Crippen LogP contribution < -0.4 is 10.5 Å². The smallest absolute Gasteiger partial charge is 0.280 e. The van der Waals surface area contributed by atoms with E-state index in [4.69, 9.17) is 18.0 Å². The largest absolute Gasteiger partial charge is 0.389 e. The van der Waals surface area contributed by atoms with Gasteiger partial charge in [-0.05, 0) is 25.5 Å². The molecule has 0 bridgehead atoms. The second kappa shape index (κ2) is 5.45.